The molecule has 0 aromatic heterocycles. The number of fused-ring (bicyclic) bond motifs is 2. The molecule has 0 saturated carbocycles. The summed E-state index contributed by atoms with van der Waals surface area (Å²) in [6.07, 6.45) is -1.03. The van der Waals surface area contributed by atoms with Gasteiger partial charge >= 0.3 is 5.97 Å². The van der Waals surface area contributed by atoms with Gasteiger partial charge in [0, 0.05) is 23.7 Å². The summed E-state index contributed by atoms with van der Waals surface area (Å²) in [5, 5.41) is 2.36. The molecule has 3 N–H and O–H groups in total. The highest BCUT2D eigenvalue weighted by atomic mass is 16.5. The highest BCUT2D eigenvalue weighted by Gasteiger charge is 2.33. The van der Waals surface area contributed by atoms with Gasteiger partial charge in [-0.25, -0.2) is 4.79 Å². The summed E-state index contributed by atoms with van der Waals surface area (Å²) in [6.45, 7) is 1.41. The van der Waals surface area contributed by atoms with E-state index in [1.165, 1.54) is 32.2 Å². The molecule has 1 amide bonds. The van der Waals surface area contributed by atoms with Crippen molar-refractivity contribution in [3.05, 3.63) is 64.2 Å². The molecule has 1 aliphatic carbocycles. The van der Waals surface area contributed by atoms with Crippen molar-refractivity contribution in [2.75, 3.05) is 12.8 Å². The van der Waals surface area contributed by atoms with E-state index in [1.54, 1.807) is 18.2 Å². The van der Waals surface area contributed by atoms with E-state index in [0.717, 1.165) is 0 Å². The summed E-state index contributed by atoms with van der Waals surface area (Å²) in [7, 11) is 1.42. The zero-order valence-corrected chi connectivity index (χ0v) is 14.2. The molecule has 0 saturated heterocycles. The van der Waals surface area contributed by atoms with E-state index in [0.29, 0.717) is 5.56 Å². The molecule has 1 atom stereocenters. The number of benzene rings is 2. The van der Waals surface area contributed by atoms with Crippen LogP contribution in [0.5, 0.6) is 0 Å². The van der Waals surface area contributed by atoms with Gasteiger partial charge in [0.2, 0.25) is 0 Å². The number of hydrogen-bond acceptors (Lipinski definition) is 6. The first-order valence-corrected chi connectivity index (χ1v) is 7.90. The predicted molar refractivity (Wildman–Crippen MR) is 93.1 cm³/mol. The molecule has 0 aliphatic heterocycles. The minimum absolute atomic E-state index is 0.0178. The number of ketones is 2. The zero-order valence-electron chi connectivity index (χ0n) is 14.2. The minimum atomic E-state index is -1.03. The second kappa shape index (κ2) is 6.44. The van der Waals surface area contributed by atoms with E-state index in [9.17, 15) is 19.2 Å². The van der Waals surface area contributed by atoms with E-state index in [2.05, 4.69) is 5.32 Å². The van der Waals surface area contributed by atoms with E-state index in [-0.39, 0.29) is 33.7 Å². The number of anilines is 1. The van der Waals surface area contributed by atoms with Gasteiger partial charge in [0.15, 0.2) is 17.7 Å². The molecule has 1 aliphatic rings. The molecule has 2 aromatic rings. The van der Waals surface area contributed by atoms with Crippen LogP contribution in [0.4, 0.5) is 5.69 Å². The first kappa shape index (κ1) is 17.3. The van der Waals surface area contributed by atoms with Crippen LogP contribution in [-0.4, -0.2) is 36.6 Å². The average Bonchev–Trinajstić information content (AvgIpc) is 2.64. The van der Waals surface area contributed by atoms with E-state index in [4.69, 9.17) is 10.5 Å². The number of nitrogen functional groups attached to an aromatic ring is 1. The van der Waals surface area contributed by atoms with Crippen molar-refractivity contribution in [1.29, 1.82) is 0 Å². The Morgan fingerprint density at radius 1 is 1.00 bits per heavy atom. The fourth-order valence-electron chi connectivity index (χ4n) is 2.87. The quantitative estimate of drug-likeness (QED) is 0.543. The molecule has 7 nitrogen and oxygen atoms in total. The topological polar surface area (TPSA) is 116 Å². The van der Waals surface area contributed by atoms with Gasteiger partial charge in [-0.05, 0) is 19.1 Å². The standard InChI is InChI=1S/C19H16N2O5/c1-9(18(24)21-2)26-19(25)13-8-7-12-14(15(13)20)17(23)11-6-4-3-5-10(11)16(12)22/h3-9H,20H2,1-2H3,(H,21,24)/t9-/m0/s1. The molecule has 132 valence electrons. The SMILES string of the molecule is CNC(=O)[C@H](C)OC(=O)c1ccc2c(c1N)C(=O)c1ccccc1C2=O. The summed E-state index contributed by atoms with van der Waals surface area (Å²) < 4.78 is 5.07. The minimum Gasteiger partial charge on any atom is -0.449 e. The first-order valence-electron chi connectivity index (χ1n) is 7.90. The number of amides is 1. The van der Waals surface area contributed by atoms with Gasteiger partial charge in [0.05, 0.1) is 16.8 Å². The molecule has 7 heteroatoms. The fraction of sp³-hybridized carbons (Fsp3) is 0.158. The van der Waals surface area contributed by atoms with Crippen LogP contribution in [0.3, 0.4) is 0 Å². The van der Waals surface area contributed by atoms with E-state index in [1.807, 2.05) is 0 Å². The molecule has 3 rings (SSSR count). The van der Waals surface area contributed by atoms with Gasteiger partial charge in [-0.15, -0.1) is 0 Å². The van der Waals surface area contributed by atoms with Crippen LogP contribution in [0.25, 0.3) is 0 Å². The number of nitrogens with one attached hydrogen (secondary N) is 1. The second-order valence-electron chi connectivity index (χ2n) is 5.81. The third-order valence-electron chi connectivity index (χ3n) is 4.25. The lowest BCUT2D eigenvalue weighted by Crippen LogP contribution is -2.33. The normalized spacial score (nSPS) is 13.5. The Kier molecular flexibility index (Phi) is 4.29. The van der Waals surface area contributed by atoms with Gasteiger partial charge in [0.25, 0.3) is 5.91 Å². The Bertz CT molecular complexity index is 964. The van der Waals surface area contributed by atoms with Gasteiger partial charge in [-0.3, -0.25) is 14.4 Å². The first-order chi connectivity index (χ1) is 12.4. The monoisotopic (exact) mass is 352 g/mol. The van der Waals surface area contributed by atoms with Crippen LogP contribution in [-0.2, 0) is 9.53 Å². The number of carbonyl (C=O) groups excluding carboxylic acids is 4. The van der Waals surface area contributed by atoms with Crippen molar-refractivity contribution < 1.29 is 23.9 Å². The van der Waals surface area contributed by atoms with Crippen molar-refractivity contribution in [3.8, 4) is 0 Å². The van der Waals surface area contributed by atoms with Gasteiger partial charge < -0.3 is 15.8 Å². The molecule has 0 fully saturated rings. The Hall–Kier alpha value is -3.48. The molecular weight excluding hydrogens is 336 g/mol. The Balaban J connectivity index is 2.03. The van der Waals surface area contributed by atoms with Crippen LogP contribution < -0.4 is 11.1 Å². The van der Waals surface area contributed by atoms with Gasteiger partial charge in [-0.2, -0.15) is 0 Å². The number of rotatable bonds is 3. The van der Waals surface area contributed by atoms with E-state index < -0.39 is 23.8 Å². The molecule has 0 radical (unpaired) electrons. The van der Waals surface area contributed by atoms with Crippen LogP contribution in [0.15, 0.2) is 36.4 Å². The zero-order chi connectivity index (χ0) is 19.0. The highest BCUT2D eigenvalue weighted by molar-refractivity contribution is 6.30. The van der Waals surface area contributed by atoms with Gasteiger partial charge in [-0.1, -0.05) is 24.3 Å². The third-order valence-corrected chi connectivity index (χ3v) is 4.25. The lowest BCUT2D eigenvalue weighted by molar-refractivity contribution is -0.128. The summed E-state index contributed by atoms with van der Waals surface area (Å²) in [5.41, 5.74) is 6.48. The Morgan fingerprint density at radius 2 is 1.62 bits per heavy atom. The summed E-state index contributed by atoms with van der Waals surface area (Å²) >= 11 is 0. The number of hydrogen-bond donors (Lipinski definition) is 2. The molecule has 26 heavy (non-hydrogen) atoms. The molecular formula is C19H16N2O5. The maximum atomic E-state index is 12.8. The molecule has 0 unspecified atom stereocenters. The summed E-state index contributed by atoms with van der Waals surface area (Å²) in [5.74, 6) is -2.09. The Morgan fingerprint density at radius 3 is 2.23 bits per heavy atom. The van der Waals surface area contributed by atoms with Crippen LogP contribution in [0, 0.1) is 0 Å². The lowest BCUT2D eigenvalue weighted by atomic mass is 9.82. The second-order valence-corrected chi connectivity index (χ2v) is 5.81. The highest BCUT2D eigenvalue weighted by Crippen LogP contribution is 2.32. The maximum absolute atomic E-state index is 12.8. The van der Waals surface area contributed by atoms with Crippen molar-refractivity contribution in [2.45, 2.75) is 13.0 Å². The predicted octanol–water partition coefficient (Wildman–Crippen LogP) is 1.34. The Labute approximate surface area is 149 Å². The molecule has 0 heterocycles. The largest absolute Gasteiger partial charge is 0.449 e. The van der Waals surface area contributed by atoms with Crippen molar-refractivity contribution in [3.63, 3.8) is 0 Å². The van der Waals surface area contributed by atoms with Crippen molar-refractivity contribution in [2.24, 2.45) is 0 Å². The average molecular weight is 352 g/mol. The van der Waals surface area contributed by atoms with Crippen LogP contribution in [0.2, 0.25) is 0 Å². The number of nitrogens with two attached hydrogens (primary N) is 1. The molecule has 0 spiro atoms. The summed E-state index contributed by atoms with van der Waals surface area (Å²) in [4.78, 5) is 49.2. The third kappa shape index (κ3) is 2.63. The number of ether oxygens (including phenoxy) is 1. The number of likely N-dealkylation sites (N-methyl/N-ethyl adjacent to an activating group) is 1. The van der Waals surface area contributed by atoms with Crippen molar-refractivity contribution in [1.82, 2.24) is 5.32 Å². The van der Waals surface area contributed by atoms with Crippen molar-refractivity contribution >= 4 is 29.1 Å². The fourth-order valence-corrected chi connectivity index (χ4v) is 2.87. The van der Waals surface area contributed by atoms with E-state index >= 15 is 0 Å². The summed E-state index contributed by atoms with van der Waals surface area (Å²) in [6, 6.07) is 9.13. The number of carbonyl (C=O) groups is 4. The molecule has 0 bridgehead atoms. The van der Waals surface area contributed by atoms with Crippen LogP contribution in [0.1, 0.15) is 49.1 Å². The lowest BCUT2D eigenvalue weighted by Gasteiger charge is -2.20. The number of esters is 1. The van der Waals surface area contributed by atoms with Crippen LogP contribution >= 0.6 is 0 Å². The smallest absolute Gasteiger partial charge is 0.341 e. The molecule has 2 aromatic carbocycles. The maximum Gasteiger partial charge on any atom is 0.341 e. The van der Waals surface area contributed by atoms with Gasteiger partial charge in [0.1, 0.15) is 0 Å².